The van der Waals surface area contributed by atoms with E-state index < -0.39 is 5.97 Å². The van der Waals surface area contributed by atoms with Gasteiger partial charge < -0.3 is 10.8 Å². The first-order valence-electron chi connectivity index (χ1n) is 5.18. The Labute approximate surface area is 98.7 Å². The summed E-state index contributed by atoms with van der Waals surface area (Å²) in [6.45, 7) is 0.319. The third-order valence-electron chi connectivity index (χ3n) is 2.49. The van der Waals surface area contributed by atoms with Crippen molar-refractivity contribution in [1.82, 2.24) is 4.98 Å². The highest BCUT2D eigenvalue weighted by Crippen LogP contribution is 2.21. The van der Waals surface area contributed by atoms with E-state index in [1.54, 1.807) is 24.5 Å². The monoisotopic (exact) mass is 228 g/mol. The fourth-order valence-electron chi connectivity index (χ4n) is 1.64. The molecular formula is C13H12N2O2. The maximum absolute atomic E-state index is 11.0. The molecule has 0 aliphatic rings. The van der Waals surface area contributed by atoms with Crippen LogP contribution in [-0.2, 0) is 6.54 Å². The Hall–Kier alpha value is -2.20. The molecule has 0 aliphatic carbocycles. The van der Waals surface area contributed by atoms with Crippen molar-refractivity contribution in [3.05, 3.63) is 53.9 Å². The van der Waals surface area contributed by atoms with Crippen LogP contribution >= 0.6 is 0 Å². The van der Waals surface area contributed by atoms with E-state index in [4.69, 9.17) is 10.8 Å². The second kappa shape index (κ2) is 4.76. The number of carboxylic acids is 1. The molecule has 2 aromatic rings. The number of carbonyl (C=O) groups is 1. The molecule has 0 radical (unpaired) electrons. The van der Waals surface area contributed by atoms with Gasteiger partial charge in [0.2, 0.25) is 0 Å². The van der Waals surface area contributed by atoms with Gasteiger partial charge in [-0.15, -0.1) is 0 Å². The second-order valence-corrected chi connectivity index (χ2v) is 3.66. The molecule has 2 rings (SSSR count). The average molecular weight is 228 g/mol. The van der Waals surface area contributed by atoms with Crippen LogP contribution in [0.15, 0.2) is 42.7 Å². The van der Waals surface area contributed by atoms with Crippen molar-refractivity contribution >= 4 is 5.97 Å². The maximum Gasteiger partial charge on any atom is 0.335 e. The molecule has 0 saturated heterocycles. The number of nitrogens with zero attached hydrogens (tertiary/aromatic N) is 1. The van der Waals surface area contributed by atoms with Crippen LogP contribution in [0.5, 0.6) is 0 Å². The number of hydrogen-bond donors (Lipinski definition) is 2. The number of nitrogens with two attached hydrogens (primary N) is 1. The highest BCUT2D eigenvalue weighted by molar-refractivity contribution is 5.89. The van der Waals surface area contributed by atoms with Gasteiger partial charge in [0.1, 0.15) is 0 Å². The first kappa shape index (κ1) is 11.3. The third-order valence-corrected chi connectivity index (χ3v) is 2.49. The lowest BCUT2D eigenvalue weighted by atomic mass is 10.0. The van der Waals surface area contributed by atoms with Crippen molar-refractivity contribution in [2.75, 3.05) is 0 Å². The van der Waals surface area contributed by atoms with Crippen LogP contribution in [-0.4, -0.2) is 16.1 Å². The van der Waals surface area contributed by atoms with Gasteiger partial charge in [-0.1, -0.05) is 0 Å². The van der Waals surface area contributed by atoms with Crippen LogP contribution in [0, 0.1) is 0 Å². The highest BCUT2D eigenvalue weighted by Gasteiger charge is 2.07. The number of carboxylic acid groups (broad SMARTS) is 1. The van der Waals surface area contributed by atoms with Crippen molar-refractivity contribution in [2.24, 2.45) is 5.73 Å². The van der Waals surface area contributed by atoms with Gasteiger partial charge in [0.05, 0.1) is 5.56 Å². The molecule has 0 unspecified atom stereocenters. The molecule has 0 atom stereocenters. The van der Waals surface area contributed by atoms with E-state index in [9.17, 15) is 4.79 Å². The summed E-state index contributed by atoms with van der Waals surface area (Å²) in [6.07, 6.45) is 3.34. The van der Waals surface area contributed by atoms with E-state index >= 15 is 0 Å². The van der Waals surface area contributed by atoms with Crippen molar-refractivity contribution in [1.29, 1.82) is 0 Å². The van der Waals surface area contributed by atoms with Gasteiger partial charge in [-0.3, -0.25) is 4.98 Å². The minimum Gasteiger partial charge on any atom is -0.478 e. The van der Waals surface area contributed by atoms with Crippen molar-refractivity contribution in [3.8, 4) is 11.1 Å². The number of pyridine rings is 1. The SMILES string of the molecule is NCc1cc(C(=O)O)cc(-c2ccncc2)c1. The van der Waals surface area contributed by atoms with Gasteiger partial charge in [-0.05, 0) is 47.0 Å². The summed E-state index contributed by atoms with van der Waals surface area (Å²) in [4.78, 5) is 14.9. The van der Waals surface area contributed by atoms with Crippen molar-refractivity contribution < 1.29 is 9.90 Å². The molecule has 4 heteroatoms. The van der Waals surface area contributed by atoms with Crippen LogP contribution in [0.3, 0.4) is 0 Å². The zero-order valence-electron chi connectivity index (χ0n) is 9.13. The molecule has 0 bridgehead atoms. The van der Waals surface area contributed by atoms with E-state index in [1.165, 1.54) is 0 Å². The lowest BCUT2D eigenvalue weighted by Crippen LogP contribution is -2.02. The second-order valence-electron chi connectivity index (χ2n) is 3.66. The Bertz CT molecular complexity index is 538. The molecule has 0 aliphatic heterocycles. The molecule has 0 saturated carbocycles. The molecule has 0 spiro atoms. The Morgan fingerprint density at radius 3 is 2.47 bits per heavy atom. The smallest absolute Gasteiger partial charge is 0.335 e. The molecule has 1 aromatic carbocycles. The summed E-state index contributed by atoms with van der Waals surface area (Å²) in [5.41, 5.74) is 8.38. The van der Waals surface area contributed by atoms with Gasteiger partial charge in [-0.2, -0.15) is 0 Å². The Balaban J connectivity index is 2.54. The number of hydrogen-bond acceptors (Lipinski definition) is 3. The molecule has 0 fully saturated rings. The summed E-state index contributed by atoms with van der Waals surface area (Å²) >= 11 is 0. The minimum absolute atomic E-state index is 0.250. The number of rotatable bonds is 3. The summed E-state index contributed by atoms with van der Waals surface area (Å²) in [7, 11) is 0. The minimum atomic E-state index is -0.949. The Morgan fingerprint density at radius 2 is 1.88 bits per heavy atom. The zero-order valence-corrected chi connectivity index (χ0v) is 9.13. The Kier molecular flexibility index (Phi) is 3.16. The fourth-order valence-corrected chi connectivity index (χ4v) is 1.64. The van der Waals surface area contributed by atoms with Crippen LogP contribution in [0.4, 0.5) is 0 Å². The molecule has 4 nitrogen and oxygen atoms in total. The number of aromatic nitrogens is 1. The number of aromatic carboxylic acids is 1. The van der Waals surface area contributed by atoms with Crippen LogP contribution < -0.4 is 5.73 Å². The summed E-state index contributed by atoms with van der Waals surface area (Å²) in [5, 5.41) is 9.02. The number of benzene rings is 1. The van der Waals surface area contributed by atoms with Gasteiger partial charge in [-0.25, -0.2) is 4.79 Å². The topological polar surface area (TPSA) is 76.2 Å². The van der Waals surface area contributed by atoms with Gasteiger partial charge in [0, 0.05) is 18.9 Å². The van der Waals surface area contributed by atoms with Crippen LogP contribution in [0.1, 0.15) is 15.9 Å². The van der Waals surface area contributed by atoms with Gasteiger partial charge in [0.25, 0.3) is 0 Å². The Morgan fingerprint density at radius 1 is 1.18 bits per heavy atom. The van der Waals surface area contributed by atoms with E-state index in [0.717, 1.165) is 16.7 Å². The normalized spacial score (nSPS) is 10.2. The van der Waals surface area contributed by atoms with E-state index in [2.05, 4.69) is 4.98 Å². The van der Waals surface area contributed by atoms with Crippen LogP contribution in [0.2, 0.25) is 0 Å². The van der Waals surface area contributed by atoms with E-state index in [-0.39, 0.29) is 5.56 Å². The van der Waals surface area contributed by atoms with Crippen molar-refractivity contribution in [2.45, 2.75) is 6.54 Å². The summed E-state index contributed by atoms with van der Waals surface area (Å²) in [5.74, 6) is -0.949. The molecule has 1 heterocycles. The van der Waals surface area contributed by atoms with E-state index in [0.29, 0.717) is 6.54 Å². The van der Waals surface area contributed by atoms with Crippen LogP contribution in [0.25, 0.3) is 11.1 Å². The van der Waals surface area contributed by atoms with E-state index in [1.807, 2.05) is 18.2 Å². The largest absolute Gasteiger partial charge is 0.478 e. The lowest BCUT2D eigenvalue weighted by molar-refractivity contribution is 0.0697. The predicted molar refractivity (Wildman–Crippen MR) is 64.5 cm³/mol. The quantitative estimate of drug-likeness (QED) is 0.841. The molecule has 0 amide bonds. The first-order chi connectivity index (χ1) is 8.20. The van der Waals surface area contributed by atoms with Crippen molar-refractivity contribution in [3.63, 3.8) is 0 Å². The highest BCUT2D eigenvalue weighted by atomic mass is 16.4. The average Bonchev–Trinajstić information content (AvgIpc) is 2.39. The van der Waals surface area contributed by atoms with Gasteiger partial charge in [0.15, 0.2) is 0 Å². The third kappa shape index (κ3) is 2.49. The molecule has 1 aromatic heterocycles. The zero-order chi connectivity index (χ0) is 12.3. The first-order valence-corrected chi connectivity index (χ1v) is 5.18. The molecular weight excluding hydrogens is 216 g/mol. The standard InChI is InChI=1S/C13H12N2O2/c14-8-9-5-11(7-12(6-9)13(16)17)10-1-3-15-4-2-10/h1-7H,8,14H2,(H,16,17). The lowest BCUT2D eigenvalue weighted by Gasteiger charge is -2.06. The summed E-state index contributed by atoms with van der Waals surface area (Å²) < 4.78 is 0. The maximum atomic E-state index is 11.0. The molecule has 86 valence electrons. The predicted octanol–water partition coefficient (Wildman–Crippen LogP) is 1.91. The summed E-state index contributed by atoms with van der Waals surface area (Å²) in [6, 6.07) is 8.79. The molecule has 3 N–H and O–H groups in total. The fraction of sp³-hybridized carbons (Fsp3) is 0.0769. The molecule has 17 heavy (non-hydrogen) atoms. The van der Waals surface area contributed by atoms with Gasteiger partial charge >= 0.3 is 5.97 Å².